The molecule has 0 spiro atoms. The molecule has 0 bridgehead atoms. The van der Waals surface area contributed by atoms with Crippen molar-refractivity contribution >= 4 is 5.91 Å². The van der Waals surface area contributed by atoms with E-state index in [1.165, 1.54) is 0 Å². The van der Waals surface area contributed by atoms with Gasteiger partial charge in [0.2, 0.25) is 11.8 Å². The zero-order valence-corrected chi connectivity index (χ0v) is 14.6. The predicted molar refractivity (Wildman–Crippen MR) is 91.5 cm³/mol. The fraction of sp³-hybridized carbons (Fsp3) is 0.579. The average molecular weight is 354 g/mol. The molecule has 4 heterocycles. The summed E-state index contributed by atoms with van der Waals surface area (Å²) in [6.45, 7) is 2.19. The lowest BCUT2D eigenvalue weighted by atomic mass is 9.83. The maximum Gasteiger partial charge on any atom is 0.255 e. The summed E-state index contributed by atoms with van der Waals surface area (Å²) in [4.78, 5) is 18.6. The van der Waals surface area contributed by atoms with Crippen LogP contribution in [0.4, 0.5) is 0 Å². The number of aromatic nitrogens is 3. The largest absolute Gasteiger partial charge is 0.425 e. The molecule has 136 valence electrons. The zero-order chi connectivity index (χ0) is 17.5. The maximum atomic E-state index is 12.6. The Balaban J connectivity index is 1.22. The molecular weight excluding hydrogens is 332 g/mol. The highest BCUT2D eigenvalue weighted by molar-refractivity contribution is 5.93. The third-order valence-corrected chi connectivity index (χ3v) is 5.78. The molecule has 2 aromatic heterocycles. The first kappa shape index (κ1) is 15.9. The lowest BCUT2D eigenvalue weighted by molar-refractivity contribution is 0.0603. The van der Waals surface area contributed by atoms with Gasteiger partial charge in [0.1, 0.15) is 0 Å². The molecule has 7 nitrogen and oxygen atoms in total. The van der Waals surface area contributed by atoms with Gasteiger partial charge in [-0.3, -0.25) is 9.78 Å². The minimum absolute atomic E-state index is 0.0611. The van der Waals surface area contributed by atoms with Crippen molar-refractivity contribution in [1.29, 1.82) is 0 Å². The molecule has 2 aromatic rings. The van der Waals surface area contributed by atoms with E-state index in [-0.39, 0.29) is 12.0 Å². The van der Waals surface area contributed by atoms with Crippen LogP contribution >= 0.6 is 0 Å². The van der Waals surface area contributed by atoms with E-state index >= 15 is 0 Å². The van der Waals surface area contributed by atoms with Crippen LogP contribution < -0.4 is 0 Å². The summed E-state index contributed by atoms with van der Waals surface area (Å²) in [6.07, 6.45) is 7.38. The Morgan fingerprint density at radius 1 is 1.27 bits per heavy atom. The van der Waals surface area contributed by atoms with E-state index in [9.17, 15) is 4.79 Å². The number of nitrogens with zero attached hydrogens (tertiary/aromatic N) is 4. The average Bonchev–Trinajstić information content (AvgIpc) is 3.31. The molecule has 3 atom stereocenters. The summed E-state index contributed by atoms with van der Waals surface area (Å²) >= 11 is 0. The van der Waals surface area contributed by atoms with Crippen LogP contribution in [-0.2, 0) is 11.2 Å². The van der Waals surface area contributed by atoms with Crippen LogP contribution in [0, 0.1) is 11.8 Å². The molecule has 1 amide bonds. The number of ether oxygens (including phenoxy) is 1. The van der Waals surface area contributed by atoms with Crippen LogP contribution in [0.5, 0.6) is 0 Å². The van der Waals surface area contributed by atoms with E-state index in [0.717, 1.165) is 38.2 Å². The van der Waals surface area contributed by atoms with Gasteiger partial charge in [0, 0.05) is 37.3 Å². The standard InChI is InChI=1S/C19H22N4O3/c24-19(13-2-1-6-20-9-13)23-7-5-15-14(10-23)11-25-16(15)8-17-21-22-18(26-17)12-3-4-12/h1-2,6,9,12,14-16H,3-5,7-8,10-11H2/t14-,15-,16-/m1/s1. The molecule has 3 aliphatic rings. The second-order valence-corrected chi connectivity index (χ2v) is 7.59. The summed E-state index contributed by atoms with van der Waals surface area (Å²) in [5.74, 6) is 2.84. The van der Waals surface area contributed by atoms with Crippen molar-refractivity contribution in [3.8, 4) is 0 Å². The van der Waals surface area contributed by atoms with Crippen LogP contribution in [0.1, 0.15) is 47.3 Å². The lowest BCUT2D eigenvalue weighted by Crippen LogP contribution is -2.44. The number of pyridine rings is 1. The summed E-state index contributed by atoms with van der Waals surface area (Å²) in [5, 5.41) is 8.36. The molecule has 0 unspecified atom stereocenters. The van der Waals surface area contributed by atoms with Crippen molar-refractivity contribution < 1.29 is 13.9 Å². The molecule has 7 heteroatoms. The molecule has 2 saturated heterocycles. The number of amides is 1. The Hall–Kier alpha value is -2.28. The molecule has 0 aromatic carbocycles. The number of likely N-dealkylation sites (tertiary alicyclic amines) is 1. The van der Waals surface area contributed by atoms with Gasteiger partial charge in [0.05, 0.1) is 24.7 Å². The third-order valence-electron chi connectivity index (χ3n) is 5.78. The van der Waals surface area contributed by atoms with Crippen LogP contribution in [0.25, 0.3) is 0 Å². The summed E-state index contributed by atoms with van der Waals surface area (Å²) in [5.41, 5.74) is 0.653. The summed E-state index contributed by atoms with van der Waals surface area (Å²) in [6, 6.07) is 3.62. The maximum absolute atomic E-state index is 12.6. The van der Waals surface area contributed by atoms with Gasteiger partial charge in [0.15, 0.2) is 0 Å². The Morgan fingerprint density at radius 2 is 2.19 bits per heavy atom. The Bertz CT molecular complexity index is 789. The molecule has 26 heavy (non-hydrogen) atoms. The first-order chi connectivity index (χ1) is 12.8. The Morgan fingerprint density at radius 3 is 3.00 bits per heavy atom. The van der Waals surface area contributed by atoms with Crippen LogP contribution in [0.15, 0.2) is 28.9 Å². The second-order valence-electron chi connectivity index (χ2n) is 7.59. The first-order valence-corrected chi connectivity index (χ1v) is 9.41. The van der Waals surface area contributed by atoms with E-state index in [1.807, 2.05) is 11.0 Å². The quantitative estimate of drug-likeness (QED) is 0.836. The molecule has 0 N–H and O–H groups in total. The topological polar surface area (TPSA) is 81.4 Å². The molecule has 2 aliphatic heterocycles. The van der Waals surface area contributed by atoms with Crippen LogP contribution in [0.3, 0.4) is 0 Å². The number of hydrogen-bond donors (Lipinski definition) is 0. The Labute approximate surface area is 151 Å². The molecule has 1 aliphatic carbocycles. The van der Waals surface area contributed by atoms with Crippen LogP contribution in [0.2, 0.25) is 0 Å². The van der Waals surface area contributed by atoms with Gasteiger partial charge in [0.25, 0.3) is 5.91 Å². The molecule has 5 rings (SSSR count). The minimum atomic E-state index is 0.0611. The molecule has 1 saturated carbocycles. The van der Waals surface area contributed by atoms with Crippen LogP contribution in [-0.4, -0.2) is 51.8 Å². The van der Waals surface area contributed by atoms with Gasteiger partial charge in [-0.15, -0.1) is 10.2 Å². The monoisotopic (exact) mass is 354 g/mol. The number of fused-ring (bicyclic) bond motifs is 1. The smallest absolute Gasteiger partial charge is 0.255 e. The highest BCUT2D eigenvalue weighted by Gasteiger charge is 2.42. The van der Waals surface area contributed by atoms with E-state index in [2.05, 4.69) is 15.2 Å². The molecule has 0 radical (unpaired) electrons. The van der Waals surface area contributed by atoms with Gasteiger partial charge in [-0.25, -0.2) is 0 Å². The number of piperidine rings is 1. The second kappa shape index (κ2) is 6.46. The van der Waals surface area contributed by atoms with Gasteiger partial charge in [-0.1, -0.05) is 0 Å². The van der Waals surface area contributed by atoms with E-state index < -0.39 is 0 Å². The van der Waals surface area contributed by atoms with Crippen molar-refractivity contribution in [2.75, 3.05) is 19.7 Å². The Kier molecular flexibility index (Phi) is 3.96. The molecular formula is C19H22N4O3. The highest BCUT2D eigenvalue weighted by atomic mass is 16.5. The fourth-order valence-corrected chi connectivity index (χ4v) is 4.17. The van der Waals surface area contributed by atoms with Gasteiger partial charge in [-0.2, -0.15) is 0 Å². The SMILES string of the molecule is O=C(c1cccnc1)N1CC[C@@H]2[C@@H](CO[C@@H]2Cc2nnc(C3CC3)o2)C1. The fourth-order valence-electron chi connectivity index (χ4n) is 4.17. The number of rotatable bonds is 4. The van der Waals surface area contributed by atoms with E-state index in [4.69, 9.17) is 9.15 Å². The van der Waals surface area contributed by atoms with Crippen molar-refractivity contribution in [3.63, 3.8) is 0 Å². The predicted octanol–water partition coefficient (Wildman–Crippen LogP) is 2.06. The van der Waals surface area contributed by atoms with Crippen molar-refractivity contribution in [2.24, 2.45) is 11.8 Å². The highest BCUT2D eigenvalue weighted by Crippen LogP contribution is 2.40. The minimum Gasteiger partial charge on any atom is -0.425 e. The van der Waals surface area contributed by atoms with Crippen molar-refractivity contribution in [3.05, 3.63) is 41.9 Å². The van der Waals surface area contributed by atoms with Gasteiger partial charge < -0.3 is 14.1 Å². The summed E-state index contributed by atoms with van der Waals surface area (Å²) < 4.78 is 11.8. The summed E-state index contributed by atoms with van der Waals surface area (Å²) in [7, 11) is 0. The number of carbonyl (C=O) groups is 1. The van der Waals surface area contributed by atoms with Gasteiger partial charge >= 0.3 is 0 Å². The van der Waals surface area contributed by atoms with E-state index in [1.54, 1.807) is 18.5 Å². The first-order valence-electron chi connectivity index (χ1n) is 9.41. The number of carbonyl (C=O) groups excluding carboxylic acids is 1. The normalized spacial score (nSPS) is 28.2. The third kappa shape index (κ3) is 3.00. The van der Waals surface area contributed by atoms with E-state index in [0.29, 0.717) is 42.2 Å². The van der Waals surface area contributed by atoms with Gasteiger partial charge in [-0.05, 0) is 37.3 Å². The number of hydrogen-bond acceptors (Lipinski definition) is 6. The lowest BCUT2D eigenvalue weighted by Gasteiger charge is -2.35. The zero-order valence-electron chi connectivity index (χ0n) is 14.6. The molecule has 3 fully saturated rings. The van der Waals surface area contributed by atoms with Crippen molar-refractivity contribution in [1.82, 2.24) is 20.1 Å². The van der Waals surface area contributed by atoms with Crippen molar-refractivity contribution in [2.45, 2.75) is 37.7 Å².